The van der Waals surface area contributed by atoms with Gasteiger partial charge in [0.15, 0.2) is 0 Å². The number of hydrogen-bond donors (Lipinski definition) is 0. The zero-order valence-electron chi connectivity index (χ0n) is 17.9. The Hall–Kier alpha value is -1.19. The zero-order chi connectivity index (χ0) is 20.7. The average Bonchev–Trinajstić information content (AvgIpc) is 2.71. The fourth-order valence-corrected chi connectivity index (χ4v) is 5.62. The molecule has 1 aromatic rings. The summed E-state index contributed by atoms with van der Waals surface area (Å²) in [6.07, 6.45) is 12.9. The van der Waals surface area contributed by atoms with Crippen LogP contribution in [0.2, 0.25) is 0 Å². The average molecular weight is 411 g/mol. The summed E-state index contributed by atoms with van der Waals surface area (Å²) in [6.45, 7) is 2.29. The Balaban J connectivity index is 1.34. The van der Waals surface area contributed by atoms with Crippen molar-refractivity contribution in [2.75, 3.05) is 0 Å². The van der Waals surface area contributed by atoms with Crippen molar-refractivity contribution in [1.82, 2.24) is 0 Å². The molecule has 0 aliphatic heterocycles. The van der Waals surface area contributed by atoms with E-state index in [-0.39, 0.29) is 5.75 Å². The summed E-state index contributed by atoms with van der Waals surface area (Å²) < 4.78 is 40.7. The van der Waals surface area contributed by atoms with E-state index in [1.165, 1.54) is 82.8 Å². The summed E-state index contributed by atoms with van der Waals surface area (Å²) in [7, 11) is 0. The molecule has 2 saturated carbocycles. The number of ether oxygens (including phenoxy) is 1. The van der Waals surface area contributed by atoms with E-state index in [0.29, 0.717) is 0 Å². The van der Waals surface area contributed by atoms with Crippen molar-refractivity contribution in [3.63, 3.8) is 0 Å². The quantitative estimate of drug-likeness (QED) is 0.418. The largest absolute Gasteiger partial charge is 0.573 e. The number of hydrogen-bond acceptors (Lipinski definition) is 1. The molecule has 2 aliphatic carbocycles. The van der Waals surface area contributed by atoms with Crippen LogP contribution in [0.25, 0.3) is 0 Å². The molecular weight excluding hydrogens is 373 g/mol. The highest BCUT2D eigenvalue weighted by Crippen LogP contribution is 2.43. The molecular formula is C25H37F3O. The summed E-state index contributed by atoms with van der Waals surface area (Å²) in [5.41, 5.74) is 1.10. The third-order valence-corrected chi connectivity index (χ3v) is 7.41. The first kappa shape index (κ1) is 22.5. The Labute approximate surface area is 174 Å². The summed E-state index contributed by atoms with van der Waals surface area (Å²) in [4.78, 5) is 0. The molecule has 4 heteroatoms. The normalized spacial score (nSPS) is 28.3. The second-order valence-corrected chi connectivity index (χ2v) is 9.43. The first-order chi connectivity index (χ1) is 13.9. The minimum Gasteiger partial charge on any atom is -0.406 e. The molecule has 3 rings (SSSR count). The van der Waals surface area contributed by atoms with Crippen LogP contribution in [0.4, 0.5) is 13.2 Å². The van der Waals surface area contributed by atoms with Crippen molar-refractivity contribution in [2.45, 2.75) is 96.8 Å². The number of rotatable bonds is 8. The van der Waals surface area contributed by atoms with Gasteiger partial charge in [0.25, 0.3) is 0 Å². The van der Waals surface area contributed by atoms with Gasteiger partial charge in [-0.2, -0.15) is 0 Å². The van der Waals surface area contributed by atoms with E-state index in [0.717, 1.165) is 42.1 Å². The molecule has 0 radical (unpaired) electrons. The third-order valence-electron chi connectivity index (χ3n) is 7.41. The van der Waals surface area contributed by atoms with E-state index in [9.17, 15) is 13.2 Å². The van der Waals surface area contributed by atoms with Gasteiger partial charge in [-0.3, -0.25) is 0 Å². The maximum Gasteiger partial charge on any atom is 0.573 e. The molecule has 164 valence electrons. The van der Waals surface area contributed by atoms with Gasteiger partial charge in [0, 0.05) is 0 Å². The predicted octanol–water partition coefficient (Wildman–Crippen LogP) is 8.32. The highest BCUT2D eigenvalue weighted by molar-refractivity contribution is 5.27. The van der Waals surface area contributed by atoms with Crippen LogP contribution in [-0.4, -0.2) is 6.36 Å². The van der Waals surface area contributed by atoms with Gasteiger partial charge in [0.05, 0.1) is 0 Å². The molecule has 0 aromatic heterocycles. The lowest BCUT2D eigenvalue weighted by molar-refractivity contribution is -0.274. The molecule has 2 fully saturated rings. The Morgan fingerprint density at radius 2 is 1.31 bits per heavy atom. The third kappa shape index (κ3) is 7.53. The van der Waals surface area contributed by atoms with Gasteiger partial charge in [-0.1, -0.05) is 64.0 Å². The number of benzene rings is 1. The summed E-state index contributed by atoms with van der Waals surface area (Å²) >= 11 is 0. The van der Waals surface area contributed by atoms with E-state index in [1.54, 1.807) is 12.1 Å². The van der Waals surface area contributed by atoms with Crippen LogP contribution >= 0.6 is 0 Å². The van der Waals surface area contributed by atoms with Crippen LogP contribution in [0.15, 0.2) is 24.3 Å². The summed E-state index contributed by atoms with van der Waals surface area (Å²) in [5.74, 6) is 3.55. The van der Waals surface area contributed by atoms with Crippen LogP contribution in [0.5, 0.6) is 5.75 Å². The van der Waals surface area contributed by atoms with Gasteiger partial charge in [-0.15, -0.1) is 13.2 Å². The first-order valence-corrected chi connectivity index (χ1v) is 11.8. The van der Waals surface area contributed by atoms with Crippen molar-refractivity contribution in [3.05, 3.63) is 29.8 Å². The second kappa shape index (κ2) is 10.7. The lowest BCUT2D eigenvalue weighted by Gasteiger charge is -2.38. The molecule has 0 heterocycles. The summed E-state index contributed by atoms with van der Waals surface area (Å²) in [5, 5.41) is 0. The monoisotopic (exact) mass is 410 g/mol. The van der Waals surface area contributed by atoms with Gasteiger partial charge in [-0.05, 0) is 79.9 Å². The molecule has 0 amide bonds. The second-order valence-electron chi connectivity index (χ2n) is 9.43. The van der Waals surface area contributed by atoms with Crippen LogP contribution < -0.4 is 4.74 Å². The van der Waals surface area contributed by atoms with E-state index in [1.807, 2.05) is 0 Å². The van der Waals surface area contributed by atoms with Crippen molar-refractivity contribution in [3.8, 4) is 5.75 Å². The van der Waals surface area contributed by atoms with Crippen LogP contribution in [0.3, 0.4) is 0 Å². The molecule has 1 nitrogen and oxygen atoms in total. The summed E-state index contributed by atoms with van der Waals surface area (Å²) in [6, 6.07) is 6.39. The molecule has 0 N–H and O–H groups in total. The van der Waals surface area contributed by atoms with E-state index >= 15 is 0 Å². The van der Waals surface area contributed by atoms with Crippen LogP contribution in [0, 0.1) is 23.7 Å². The maximum atomic E-state index is 12.2. The van der Waals surface area contributed by atoms with Gasteiger partial charge in [0.2, 0.25) is 0 Å². The molecule has 1 aromatic carbocycles. The molecule has 0 spiro atoms. The van der Waals surface area contributed by atoms with Crippen LogP contribution in [0.1, 0.15) is 89.5 Å². The molecule has 2 aliphatic rings. The first-order valence-electron chi connectivity index (χ1n) is 11.8. The predicted molar refractivity (Wildman–Crippen MR) is 112 cm³/mol. The topological polar surface area (TPSA) is 9.23 Å². The number of aryl methyl sites for hydroxylation is 1. The van der Waals surface area contributed by atoms with Crippen molar-refractivity contribution in [2.24, 2.45) is 23.7 Å². The minimum absolute atomic E-state index is 0.133. The SMILES string of the molecule is CCCC[C@H]1CC[C@H](C2CCC(CCc3ccc(OC(F)(F)F)cc3)CC2)CC1. The highest BCUT2D eigenvalue weighted by atomic mass is 19.4. The fraction of sp³-hybridized carbons (Fsp3) is 0.760. The molecule has 0 bridgehead atoms. The lowest BCUT2D eigenvalue weighted by Crippen LogP contribution is -2.26. The lowest BCUT2D eigenvalue weighted by atomic mass is 9.68. The van der Waals surface area contributed by atoms with Gasteiger partial charge in [-0.25, -0.2) is 0 Å². The number of alkyl halides is 3. The Bertz CT molecular complexity index is 579. The smallest absolute Gasteiger partial charge is 0.406 e. The standard InChI is InChI=1S/C25H37F3O/c1-2-3-4-19-7-13-22(14-8-19)23-15-9-20(10-16-23)5-6-21-11-17-24(18-12-21)29-25(26,27)28/h11-12,17-20,22-23H,2-10,13-16H2,1H3/t19-,20?,22-,23?. The molecule has 0 unspecified atom stereocenters. The maximum absolute atomic E-state index is 12.2. The molecule has 29 heavy (non-hydrogen) atoms. The number of unbranched alkanes of at least 4 members (excludes halogenated alkanes) is 1. The van der Waals surface area contributed by atoms with E-state index in [4.69, 9.17) is 0 Å². The van der Waals surface area contributed by atoms with E-state index in [2.05, 4.69) is 11.7 Å². The van der Waals surface area contributed by atoms with Crippen LogP contribution in [-0.2, 0) is 6.42 Å². The van der Waals surface area contributed by atoms with E-state index < -0.39 is 6.36 Å². The highest BCUT2D eigenvalue weighted by Gasteiger charge is 2.31. The van der Waals surface area contributed by atoms with Crippen molar-refractivity contribution in [1.29, 1.82) is 0 Å². The minimum atomic E-state index is -4.62. The Morgan fingerprint density at radius 1 is 0.793 bits per heavy atom. The zero-order valence-corrected chi connectivity index (χ0v) is 17.9. The van der Waals surface area contributed by atoms with Gasteiger partial charge >= 0.3 is 6.36 Å². The number of halogens is 3. The Morgan fingerprint density at radius 3 is 1.79 bits per heavy atom. The van der Waals surface area contributed by atoms with Gasteiger partial charge < -0.3 is 4.74 Å². The molecule has 0 atom stereocenters. The fourth-order valence-electron chi connectivity index (χ4n) is 5.62. The van der Waals surface area contributed by atoms with Crippen molar-refractivity contribution >= 4 is 0 Å². The Kier molecular flexibility index (Phi) is 8.32. The van der Waals surface area contributed by atoms with Crippen molar-refractivity contribution < 1.29 is 17.9 Å². The van der Waals surface area contributed by atoms with Gasteiger partial charge in [0.1, 0.15) is 5.75 Å². The molecule has 0 saturated heterocycles.